The van der Waals surface area contributed by atoms with Gasteiger partial charge >= 0.3 is 0 Å². The van der Waals surface area contributed by atoms with Gasteiger partial charge in [-0.1, -0.05) is 13.8 Å². The summed E-state index contributed by atoms with van der Waals surface area (Å²) in [6, 6.07) is 1.87. The lowest BCUT2D eigenvalue weighted by Gasteiger charge is -2.16. The number of hydrogen-bond donors (Lipinski definition) is 2. The molecular weight excluding hydrogens is 218 g/mol. The van der Waals surface area contributed by atoms with Crippen LogP contribution >= 0.6 is 0 Å². The van der Waals surface area contributed by atoms with E-state index >= 15 is 0 Å². The summed E-state index contributed by atoms with van der Waals surface area (Å²) in [4.78, 5) is 12.0. The zero-order chi connectivity index (χ0) is 13.2. The molecule has 0 saturated heterocycles. The molecule has 0 bridgehead atoms. The van der Waals surface area contributed by atoms with Gasteiger partial charge in [0.15, 0.2) is 0 Å². The van der Waals surface area contributed by atoms with Crippen molar-refractivity contribution in [1.29, 1.82) is 10.7 Å². The highest BCUT2D eigenvalue weighted by atomic mass is 16.3. The first-order chi connectivity index (χ1) is 7.99. The Labute approximate surface area is 99.4 Å². The van der Waals surface area contributed by atoms with Gasteiger partial charge in [-0.25, -0.2) is 0 Å². The highest BCUT2D eigenvalue weighted by molar-refractivity contribution is 5.84. The summed E-state index contributed by atoms with van der Waals surface area (Å²) < 4.78 is 1.10. The molecule has 0 aromatic carbocycles. The quantitative estimate of drug-likeness (QED) is 0.776. The Kier molecular flexibility index (Phi) is 3.69. The van der Waals surface area contributed by atoms with Gasteiger partial charge in [-0.05, 0) is 18.4 Å². The van der Waals surface area contributed by atoms with Gasteiger partial charge in [0.2, 0.25) is 5.88 Å². The predicted octanol–water partition coefficient (Wildman–Crippen LogP) is 1.57. The highest BCUT2D eigenvalue weighted by Gasteiger charge is 2.21. The van der Waals surface area contributed by atoms with Crippen LogP contribution in [0, 0.1) is 16.7 Å². The number of pyridine rings is 1. The maximum Gasteiger partial charge on any atom is 0.271 e. The zero-order valence-electron chi connectivity index (χ0n) is 10.1. The first-order valence-corrected chi connectivity index (χ1v) is 5.39. The number of aromatic nitrogens is 1. The molecule has 5 heteroatoms. The lowest BCUT2D eigenvalue weighted by Crippen LogP contribution is -2.25. The van der Waals surface area contributed by atoms with Crippen LogP contribution in [-0.4, -0.2) is 15.9 Å². The van der Waals surface area contributed by atoms with Crippen LogP contribution in [0.4, 0.5) is 0 Å². The van der Waals surface area contributed by atoms with Crippen LogP contribution in [0.5, 0.6) is 5.88 Å². The molecule has 1 heterocycles. The summed E-state index contributed by atoms with van der Waals surface area (Å²) in [5, 5.41) is 26.3. The molecule has 0 aliphatic carbocycles. The van der Waals surface area contributed by atoms with Crippen LogP contribution < -0.4 is 5.56 Å². The Morgan fingerprint density at radius 2 is 2.18 bits per heavy atom. The fraction of sp³-hybridized carbons (Fsp3) is 0.417. The minimum Gasteiger partial charge on any atom is -0.494 e. The van der Waals surface area contributed by atoms with Gasteiger partial charge in [-0.15, -0.1) is 0 Å². The predicted molar refractivity (Wildman–Crippen MR) is 64.7 cm³/mol. The Balaban J connectivity index is 3.90. The number of nitrogens with zero attached hydrogens (tertiary/aromatic N) is 2. The van der Waals surface area contributed by atoms with Crippen molar-refractivity contribution in [3.8, 4) is 11.9 Å². The van der Waals surface area contributed by atoms with Crippen molar-refractivity contribution in [2.45, 2.75) is 33.2 Å². The molecular formula is C12H15N3O2. The third-order valence-electron chi connectivity index (χ3n) is 2.66. The van der Waals surface area contributed by atoms with E-state index in [4.69, 9.17) is 10.7 Å². The van der Waals surface area contributed by atoms with E-state index in [1.165, 1.54) is 0 Å². The van der Waals surface area contributed by atoms with Crippen molar-refractivity contribution in [2.75, 3.05) is 0 Å². The smallest absolute Gasteiger partial charge is 0.271 e. The molecule has 0 fully saturated rings. The molecule has 0 amide bonds. The van der Waals surface area contributed by atoms with Gasteiger partial charge in [-0.2, -0.15) is 5.26 Å². The molecule has 0 atom stereocenters. The Hall–Kier alpha value is -2.09. The standard InChI is InChI=1S/C12H15N3O2/c1-4-15-11(16)8(5-13)10(7(2)3)9(6-14)12(15)17/h5,7,13,16H,4H2,1-3H3. The van der Waals surface area contributed by atoms with Crippen LogP contribution in [0.2, 0.25) is 0 Å². The maximum absolute atomic E-state index is 12.0. The van der Waals surface area contributed by atoms with E-state index in [0.29, 0.717) is 5.56 Å². The summed E-state index contributed by atoms with van der Waals surface area (Å²) in [6.07, 6.45) is 0.983. The van der Waals surface area contributed by atoms with Gasteiger partial charge in [0.05, 0.1) is 5.56 Å². The molecule has 90 valence electrons. The first-order valence-electron chi connectivity index (χ1n) is 5.39. The van der Waals surface area contributed by atoms with E-state index in [0.717, 1.165) is 10.8 Å². The second-order valence-corrected chi connectivity index (χ2v) is 3.99. The SMILES string of the molecule is CCn1c(O)c(C=N)c(C(C)C)c(C#N)c1=O. The van der Waals surface area contributed by atoms with E-state index in [2.05, 4.69) is 0 Å². The molecule has 0 spiro atoms. The summed E-state index contributed by atoms with van der Waals surface area (Å²) >= 11 is 0. The maximum atomic E-state index is 12.0. The number of nitriles is 1. The van der Waals surface area contributed by atoms with E-state index in [9.17, 15) is 9.90 Å². The van der Waals surface area contributed by atoms with Gasteiger partial charge in [-0.3, -0.25) is 9.36 Å². The number of hydrogen-bond acceptors (Lipinski definition) is 4. The average Bonchev–Trinajstić information content (AvgIpc) is 2.28. The van der Waals surface area contributed by atoms with Crippen molar-refractivity contribution in [2.24, 2.45) is 0 Å². The Morgan fingerprint density at radius 1 is 1.59 bits per heavy atom. The third kappa shape index (κ3) is 1.94. The topological polar surface area (TPSA) is 89.9 Å². The fourth-order valence-electron chi connectivity index (χ4n) is 1.89. The van der Waals surface area contributed by atoms with Gasteiger partial charge in [0.1, 0.15) is 11.6 Å². The second kappa shape index (κ2) is 4.83. The van der Waals surface area contributed by atoms with E-state index in [-0.39, 0.29) is 29.5 Å². The van der Waals surface area contributed by atoms with Crippen LogP contribution in [0.25, 0.3) is 0 Å². The molecule has 1 rings (SSSR count). The average molecular weight is 233 g/mol. The number of aromatic hydroxyl groups is 1. The van der Waals surface area contributed by atoms with E-state index in [1.54, 1.807) is 6.92 Å². The zero-order valence-corrected chi connectivity index (χ0v) is 10.1. The summed E-state index contributed by atoms with van der Waals surface area (Å²) in [6.45, 7) is 5.60. The van der Waals surface area contributed by atoms with Gasteiger partial charge in [0, 0.05) is 12.8 Å². The van der Waals surface area contributed by atoms with Gasteiger partial charge in [0.25, 0.3) is 5.56 Å². The van der Waals surface area contributed by atoms with Crippen molar-refractivity contribution < 1.29 is 5.11 Å². The molecule has 0 unspecified atom stereocenters. The summed E-state index contributed by atoms with van der Waals surface area (Å²) in [5.41, 5.74) is 0.202. The lowest BCUT2D eigenvalue weighted by molar-refractivity contribution is 0.408. The molecule has 0 aliphatic rings. The molecule has 17 heavy (non-hydrogen) atoms. The van der Waals surface area contributed by atoms with Crippen LogP contribution in [-0.2, 0) is 6.54 Å². The molecule has 0 aliphatic heterocycles. The lowest BCUT2D eigenvalue weighted by atomic mass is 9.94. The highest BCUT2D eigenvalue weighted by Crippen LogP contribution is 2.26. The summed E-state index contributed by atoms with van der Waals surface area (Å²) in [5.74, 6) is -0.346. The second-order valence-electron chi connectivity index (χ2n) is 3.99. The molecule has 5 nitrogen and oxygen atoms in total. The monoisotopic (exact) mass is 233 g/mol. The van der Waals surface area contributed by atoms with Crippen molar-refractivity contribution in [3.05, 3.63) is 27.0 Å². The van der Waals surface area contributed by atoms with Crippen LogP contribution in [0.3, 0.4) is 0 Å². The van der Waals surface area contributed by atoms with E-state index < -0.39 is 5.56 Å². The minimum atomic E-state index is -0.498. The van der Waals surface area contributed by atoms with Crippen molar-refractivity contribution in [1.82, 2.24) is 4.57 Å². The largest absolute Gasteiger partial charge is 0.494 e. The van der Waals surface area contributed by atoms with E-state index in [1.807, 2.05) is 19.9 Å². The van der Waals surface area contributed by atoms with Crippen molar-refractivity contribution >= 4 is 6.21 Å². The van der Waals surface area contributed by atoms with Gasteiger partial charge < -0.3 is 10.5 Å². The molecule has 0 radical (unpaired) electrons. The fourth-order valence-corrected chi connectivity index (χ4v) is 1.89. The van der Waals surface area contributed by atoms with Crippen molar-refractivity contribution in [3.63, 3.8) is 0 Å². The molecule has 1 aromatic heterocycles. The molecule has 1 aromatic rings. The minimum absolute atomic E-state index is 0.0122. The third-order valence-corrected chi connectivity index (χ3v) is 2.66. The Bertz CT molecular complexity index is 550. The molecule has 0 saturated carbocycles. The Morgan fingerprint density at radius 3 is 2.53 bits per heavy atom. The number of nitrogens with one attached hydrogen (secondary N) is 1. The first kappa shape index (κ1) is 13.0. The van der Waals surface area contributed by atoms with Crippen LogP contribution in [0.15, 0.2) is 4.79 Å². The van der Waals surface area contributed by atoms with Crippen LogP contribution in [0.1, 0.15) is 43.4 Å². The number of rotatable bonds is 3. The summed E-state index contributed by atoms with van der Waals surface area (Å²) in [7, 11) is 0. The normalized spacial score (nSPS) is 10.3. The molecule has 2 N–H and O–H groups in total.